The predicted molar refractivity (Wildman–Crippen MR) is 111 cm³/mol. The summed E-state index contributed by atoms with van der Waals surface area (Å²) < 4.78 is 10.8. The summed E-state index contributed by atoms with van der Waals surface area (Å²) in [4.78, 5) is 24.1. The summed E-state index contributed by atoms with van der Waals surface area (Å²) in [7, 11) is 1.59. The zero-order valence-corrected chi connectivity index (χ0v) is 16.1. The summed E-state index contributed by atoms with van der Waals surface area (Å²) in [5.41, 5.74) is 1.47. The maximum atomic E-state index is 12.1. The fraction of sp³-hybridized carbons (Fsp3) is 0.130. The molecule has 6 heteroatoms. The topological polar surface area (TPSA) is 76.7 Å². The smallest absolute Gasteiger partial charge is 0.243 e. The average molecular weight is 390 g/mol. The summed E-state index contributed by atoms with van der Waals surface area (Å²) >= 11 is 0. The molecule has 0 aliphatic carbocycles. The third-order valence-corrected chi connectivity index (χ3v) is 4.09. The molecule has 3 aromatic rings. The van der Waals surface area contributed by atoms with Crippen LogP contribution in [0.4, 0.5) is 5.69 Å². The number of methoxy groups -OCH3 is 1. The van der Waals surface area contributed by atoms with E-state index < -0.39 is 0 Å². The van der Waals surface area contributed by atoms with Crippen LogP contribution in [-0.4, -0.2) is 25.5 Å². The molecule has 0 aliphatic rings. The van der Waals surface area contributed by atoms with Crippen molar-refractivity contribution in [2.45, 2.75) is 6.42 Å². The average Bonchev–Trinajstić information content (AvgIpc) is 2.75. The van der Waals surface area contributed by atoms with Gasteiger partial charge in [-0.15, -0.1) is 0 Å². The number of ether oxygens (including phenoxy) is 2. The van der Waals surface area contributed by atoms with Crippen molar-refractivity contribution in [3.63, 3.8) is 0 Å². The molecule has 3 aromatic carbocycles. The number of para-hydroxylation sites is 1. The van der Waals surface area contributed by atoms with Gasteiger partial charge in [0.1, 0.15) is 17.2 Å². The molecule has 0 radical (unpaired) electrons. The number of nitrogens with one attached hydrogen (secondary N) is 2. The second kappa shape index (κ2) is 9.94. The van der Waals surface area contributed by atoms with E-state index in [-0.39, 0.29) is 24.8 Å². The lowest BCUT2D eigenvalue weighted by Crippen LogP contribution is -2.33. The number of carbonyl (C=O) groups is 2. The van der Waals surface area contributed by atoms with E-state index in [9.17, 15) is 9.59 Å². The highest BCUT2D eigenvalue weighted by molar-refractivity contribution is 5.94. The van der Waals surface area contributed by atoms with Crippen molar-refractivity contribution >= 4 is 17.5 Å². The first-order chi connectivity index (χ1) is 14.1. The minimum absolute atomic E-state index is 0.0999. The molecular weight excluding hydrogens is 368 g/mol. The molecule has 0 bridgehead atoms. The van der Waals surface area contributed by atoms with Crippen molar-refractivity contribution in [2.75, 3.05) is 19.0 Å². The van der Waals surface area contributed by atoms with Gasteiger partial charge in [0.05, 0.1) is 20.1 Å². The zero-order chi connectivity index (χ0) is 20.5. The Kier molecular flexibility index (Phi) is 6.84. The number of amides is 2. The van der Waals surface area contributed by atoms with Crippen LogP contribution in [0, 0.1) is 0 Å². The standard InChI is InChI=1S/C23H22N2O4/c1-28-19-11-7-17(8-12-19)15-22(26)24-16-23(27)25-18-9-13-21(14-10-18)29-20-5-3-2-4-6-20/h2-14H,15-16H2,1H3,(H,24,26)(H,25,27). The Labute approximate surface area is 169 Å². The lowest BCUT2D eigenvalue weighted by Gasteiger charge is -2.09. The molecule has 0 saturated carbocycles. The van der Waals surface area contributed by atoms with Crippen LogP contribution in [0.3, 0.4) is 0 Å². The van der Waals surface area contributed by atoms with E-state index in [0.717, 1.165) is 17.1 Å². The molecule has 3 rings (SSSR count). The predicted octanol–water partition coefficient (Wildman–Crippen LogP) is 3.78. The van der Waals surface area contributed by atoms with E-state index in [0.29, 0.717) is 11.4 Å². The van der Waals surface area contributed by atoms with Crippen molar-refractivity contribution in [2.24, 2.45) is 0 Å². The highest BCUT2D eigenvalue weighted by atomic mass is 16.5. The maximum Gasteiger partial charge on any atom is 0.243 e. The zero-order valence-electron chi connectivity index (χ0n) is 16.1. The van der Waals surface area contributed by atoms with Crippen LogP contribution < -0.4 is 20.1 Å². The molecule has 148 valence electrons. The second-order valence-electron chi connectivity index (χ2n) is 6.29. The lowest BCUT2D eigenvalue weighted by atomic mass is 10.1. The van der Waals surface area contributed by atoms with Gasteiger partial charge >= 0.3 is 0 Å². The molecule has 0 saturated heterocycles. The highest BCUT2D eigenvalue weighted by Gasteiger charge is 2.08. The molecule has 0 aromatic heterocycles. The second-order valence-corrected chi connectivity index (χ2v) is 6.29. The fourth-order valence-corrected chi connectivity index (χ4v) is 2.61. The molecule has 0 atom stereocenters. The number of benzene rings is 3. The van der Waals surface area contributed by atoms with Crippen LogP contribution >= 0.6 is 0 Å². The van der Waals surface area contributed by atoms with E-state index in [4.69, 9.17) is 9.47 Å². The normalized spacial score (nSPS) is 10.1. The van der Waals surface area contributed by atoms with Gasteiger partial charge in [0.15, 0.2) is 0 Å². The van der Waals surface area contributed by atoms with E-state index >= 15 is 0 Å². The summed E-state index contributed by atoms with van der Waals surface area (Å²) in [6.07, 6.45) is 0.197. The third kappa shape index (κ3) is 6.39. The van der Waals surface area contributed by atoms with Crippen LogP contribution in [-0.2, 0) is 16.0 Å². The number of hydrogen-bond acceptors (Lipinski definition) is 4. The Bertz CT molecular complexity index is 939. The quantitative estimate of drug-likeness (QED) is 0.614. The molecule has 2 amide bonds. The number of carbonyl (C=O) groups excluding carboxylic acids is 2. The molecule has 2 N–H and O–H groups in total. The van der Waals surface area contributed by atoms with E-state index in [1.165, 1.54) is 0 Å². The largest absolute Gasteiger partial charge is 0.497 e. The van der Waals surface area contributed by atoms with Crippen LogP contribution in [0.25, 0.3) is 0 Å². The molecule has 6 nitrogen and oxygen atoms in total. The molecule has 0 unspecified atom stereocenters. The molecule has 29 heavy (non-hydrogen) atoms. The Balaban J connectivity index is 1.43. The number of rotatable bonds is 8. The van der Waals surface area contributed by atoms with Crippen LogP contribution in [0.1, 0.15) is 5.56 Å². The monoisotopic (exact) mass is 390 g/mol. The minimum atomic E-state index is -0.301. The van der Waals surface area contributed by atoms with E-state index in [2.05, 4.69) is 10.6 Å². The number of anilines is 1. The Morgan fingerprint density at radius 2 is 1.38 bits per heavy atom. The molecule has 0 heterocycles. The van der Waals surface area contributed by atoms with Gasteiger partial charge in [-0.1, -0.05) is 30.3 Å². The SMILES string of the molecule is COc1ccc(CC(=O)NCC(=O)Nc2ccc(Oc3ccccc3)cc2)cc1. The van der Waals surface area contributed by atoms with Crippen LogP contribution in [0.2, 0.25) is 0 Å². The van der Waals surface area contributed by atoms with Crippen molar-refractivity contribution < 1.29 is 19.1 Å². The summed E-state index contributed by atoms with van der Waals surface area (Å²) in [6.45, 7) is -0.0999. The van der Waals surface area contributed by atoms with Crippen LogP contribution in [0.15, 0.2) is 78.9 Å². The van der Waals surface area contributed by atoms with Crippen molar-refractivity contribution in [3.8, 4) is 17.2 Å². The number of hydrogen-bond donors (Lipinski definition) is 2. The molecule has 0 aliphatic heterocycles. The van der Waals surface area contributed by atoms with Crippen molar-refractivity contribution in [1.29, 1.82) is 0 Å². The van der Waals surface area contributed by atoms with Gasteiger partial charge in [0.2, 0.25) is 11.8 Å². The van der Waals surface area contributed by atoms with Crippen molar-refractivity contribution in [1.82, 2.24) is 5.32 Å². The minimum Gasteiger partial charge on any atom is -0.497 e. The van der Waals surface area contributed by atoms with Gasteiger partial charge in [-0.2, -0.15) is 0 Å². The van der Waals surface area contributed by atoms with Gasteiger partial charge < -0.3 is 20.1 Å². The van der Waals surface area contributed by atoms with Crippen molar-refractivity contribution in [3.05, 3.63) is 84.4 Å². The Morgan fingerprint density at radius 3 is 2.03 bits per heavy atom. The first-order valence-corrected chi connectivity index (χ1v) is 9.15. The van der Waals surface area contributed by atoms with Crippen LogP contribution in [0.5, 0.6) is 17.2 Å². The summed E-state index contributed by atoms with van der Waals surface area (Å²) in [5.74, 6) is 1.61. The van der Waals surface area contributed by atoms with Gasteiger partial charge in [-0.05, 0) is 54.1 Å². The summed E-state index contributed by atoms with van der Waals surface area (Å²) in [5, 5.41) is 5.36. The van der Waals surface area contributed by atoms with Gasteiger partial charge in [-0.3, -0.25) is 9.59 Å². The summed E-state index contributed by atoms with van der Waals surface area (Å²) in [6, 6.07) is 23.7. The molecule has 0 fully saturated rings. The lowest BCUT2D eigenvalue weighted by molar-refractivity contribution is -0.123. The van der Waals surface area contributed by atoms with E-state index in [1.807, 2.05) is 42.5 Å². The van der Waals surface area contributed by atoms with Gasteiger partial charge in [-0.25, -0.2) is 0 Å². The molecule has 0 spiro atoms. The Morgan fingerprint density at radius 1 is 0.759 bits per heavy atom. The fourth-order valence-electron chi connectivity index (χ4n) is 2.61. The third-order valence-electron chi connectivity index (χ3n) is 4.09. The van der Waals surface area contributed by atoms with E-state index in [1.54, 1.807) is 43.5 Å². The van der Waals surface area contributed by atoms with Gasteiger partial charge in [0, 0.05) is 5.69 Å². The highest BCUT2D eigenvalue weighted by Crippen LogP contribution is 2.22. The first-order valence-electron chi connectivity index (χ1n) is 9.15. The maximum absolute atomic E-state index is 12.1. The van der Waals surface area contributed by atoms with Gasteiger partial charge in [0.25, 0.3) is 0 Å². The Hall–Kier alpha value is -3.80. The first kappa shape index (κ1) is 19.9. The molecular formula is C23H22N2O4.